The van der Waals surface area contributed by atoms with Gasteiger partial charge in [-0.1, -0.05) is 0 Å². The topological polar surface area (TPSA) is 110 Å². The molecular formula is C20H24N6O3. The van der Waals surface area contributed by atoms with Gasteiger partial charge >= 0.3 is 0 Å². The number of primary amides is 1. The minimum Gasteiger partial charge on any atom is -0.463 e. The SMILES string of the molecule is CC(C)N1CCCN(C(=O)c2cc(-c3ccco3)n3cnc(C(N)=O)c3n2)CC1. The minimum absolute atomic E-state index is 0.0225. The van der Waals surface area contributed by atoms with E-state index in [0.717, 1.165) is 19.5 Å². The van der Waals surface area contributed by atoms with Crippen molar-refractivity contribution >= 4 is 17.5 Å². The molecule has 3 aromatic rings. The third-order valence-electron chi connectivity index (χ3n) is 5.28. The fourth-order valence-corrected chi connectivity index (χ4v) is 3.69. The Morgan fingerprint density at radius 1 is 1.21 bits per heavy atom. The van der Waals surface area contributed by atoms with Crippen molar-refractivity contribution in [3.63, 3.8) is 0 Å². The number of aromatic nitrogens is 3. The quantitative estimate of drug-likeness (QED) is 0.718. The van der Waals surface area contributed by atoms with Crippen molar-refractivity contribution in [3.05, 3.63) is 42.2 Å². The summed E-state index contributed by atoms with van der Waals surface area (Å²) in [4.78, 5) is 37.7. The monoisotopic (exact) mass is 396 g/mol. The molecule has 4 heterocycles. The first kappa shape index (κ1) is 19.1. The fraction of sp³-hybridized carbons (Fsp3) is 0.400. The Hall–Kier alpha value is -3.20. The molecule has 152 valence electrons. The molecular weight excluding hydrogens is 372 g/mol. The molecule has 3 aromatic heterocycles. The van der Waals surface area contributed by atoms with E-state index in [1.165, 1.54) is 6.33 Å². The van der Waals surface area contributed by atoms with Crippen molar-refractivity contribution in [1.29, 1.82) is 0 Å². The predicted octanol–water partition coefficient (Wildman–Crippen LogP) is 1.64. The van der Waals surface area contributed by atoms with Gasteiger partial charge in [0.15, 0.2) is 17.1 Å². The van der Waals surface area contributed by atoms with Crippen molar-refractivity contribution in [2.75, 3.05) is 26.2 Å². The van der Waals surface area contributed by atoms with Gasteiger partial charge in [0.2, 0.25) is 0 Å². The molecule has 1 saturated heterocycles. The third-order valence-corrected chi connectivity index (χ3v) is 5.28. The lowest BCUT2D eigenvalue weighted by Gasteiger charge is -2.24. The molecule has 0 spiro atoms. The summed E-state index contributed by atoms with van der Waals surface area (Å²) in [6.07, 6.45) is 3.90. The highest BCUT2D eigenvalue weighted by Gasteiger charge is 2.25. The maximum Gasteiger partial charge on any atom is 0.272 e. The Labute approximate surface area is 168 Å². The van der Waals surface area contributed by atoms with Gasteiger partial charge in [0, 0.05) is 32.2 Å². The van der Waals surface area contributed by atoms with E-state index in [4.69, 9.17) is 10.2 Å². The lowest BCUT2D eigenvalue weighted by atomic mass is 10.2. The highest BCUT2D eigenvalue weighted by Crippen LogP contribution is 2.24. The summed E-state index contributed by atoms with van der Waals surface area (Å²) in [6, 6.07) is 5.64. The molecule has 0 saturated carbocycles. The van der Waals surface area contributed by atoms with E-state index in [1.54, 1.807) is 28.9 Å². The first-order chi connectivity index (χ1) is 14.0. The Bertz CT molecular complexity index is 1040. The molecule has 1 aliphatic rings. The number of nitrogens with zero attached hydrogens (tertiary/aromatic N) is 5. The van der Waals surface area contributed by atoms with Gasteiger partial charge in [0.05, 0.1) is 12.0 Å². The van der Waals surface area contributed by atoms with Crippen LogP contribution in [0, 0.1) is 0 Å². The maximum absolute atomic E-state index is 13.3. The molecule has 1 fully saturated rings. The summed E-state index contributed by atoms with van der Waals surface area (Å²) in [7, 11) is 0. The summed E-state index contributed by atoms with van der Waals surface area (Å²) >= 11 is 0. The number of imidazole rings is 1. The van der Waals surface area contributed by atoms with Gasteiger partial charge in [-0.3, -0.25) is 18.9 Å². The van der Waals surface area contributed by atoms with E-state index < -0.39 is 5.91 Å². The number of fused-ring (bicyclic) bond motifs is 1. The average Bonchev–Trinajstić information content (AvgIpc) is 3.31. The predicted molar refractivity (Wildman–Crippen MR) is 106 cm³/mol. The van der Waals surface area contributed by atoms with Crippen LogP contribution in [-0.4, -0.2) is 68.2 Å². The number of carbonyl (C=O) groups is 2. The Balaban J connectivity index is 1.74. The number of rotatable bonds is 4. The van der Waals surface area contributed by atoms with Crippen molar-refractivity contribution in [2.45, 2.75) is 26.3 Å². The van der Waals surface area contributed by atoms with Crippen LogP contribution in [0.3, 0.4) is 0 Å². The second kappa shape index (κ2) is 7.67. The van der Waals surface area contributed by atoms with E-state index in [-0.39, 0.29) is 22.9 Å². The lowest BCUT2D eigenvalue weighted by molar-refractivity contribution is 0.0753. The van der Waals surface area contributed by atoms with Crippen LogP contribution in [0.2, 0.25) is 0 Å². The number of hydrogen-bond acceptors (Lipinski definition) is 6. The van der Waals surface area contributed by atoms with E-state index in [9.17, 15) is 9.59 Å². The molecule has 0 atom stereocenters. The molecule has 2 amide bonds. The smallest absolute Gasteiger partial charge is 0.272 e. The average molecular weight is 396 g/mol. The molecule has 0 bridgehead atoms. The standard InChI is InChI=1S/C20H24N6O3/c1-13(2)24-6-4-7-25(9-8-24)20(28)14-11-15(16-5-3-10-29-16)26-12-22-17(18(21)27)19(26)23-14/h3,5,10-13H,4,6-9H2,1-2H3,(H2,21,27). The number of amides is 2. The van der Waals surface area contributed by atoms with Crippen LogP contribution in [0.1, 0.15) is 41.2 Å². The van der Waals surface area contributed by atoms with E-state index in [0.29, 0.717) is 30.6 Å². The van der Waals surface area contributed by atoms with Crippen molar-refractivity contribution in [1.82, 2.24) is 24.2 Å². The van der Waals surface area contributed by atoms with Gasteiger partial charge in [0.1, 0.15) is 12.0 Å². The molecule has 29 heavy (non-hydrogen) atoms. The Morgan fingerprint density at radius 2 is 2.03 bits per heavy atom. The van der Waals surface area contributed by atoms with Crippen molar-refractivity contribution in [3.8, 4) is 11.5 Å². The van der Waals surface area contributed by atoms with Crippen molar-refractivity contribution < 1.29 is 14.0 Å². The second-order valence-electron chi connectivity index (χ2n) is 7.43. The summed E-state index contributed by atoms with van der Waals surface area (Å²) in [5, 5.41) is 0. The maximum atomic E-state index is 13.3. The first-order valence-corrected chi connectivity index (χ1v) is 9.71. The largest absolute Gasteiger partial charge is 0.463 e. The third kappa shape index (κ3) is 3.61. The molecule has 2 N–H and O–H groups in total. The molecule has 0 aliphatic carbocycles. The molecule has 4 rings (SSSR count). The van der Waals surface area contributed by atoms with Crippen LogP contribution >= 0.6 is 0 Å². The summed E-state index contributed by atoms with van der Waals surface area (Å²) < 4.78 is 7.12. The van der Waals surface area contributed by atoms with Gasteiger partial charge < -0.3 is 15.1 Å². The molecule has 0 unspecified atom stereocenters. The summed E-state index contributed by atoms with van der Waals surface area (Å²) in [6.45, 7) is 7.38. The normalized spacial score (nSPS) is 15.8. The van der Waals surface area contributed by atoms with Gasteiger partial charge in [0.25, 0.3) is 11.8 Å². The number of nitrogens with two attached hydrogens (primary N) is 1. The van der Waals surface area contributed by atoms with E-state index in [1.807, 2.05) is 4.90 Å². The van der Waals surface area contributed by atoms with E-state index >= 15 is 0 Å². The minimum atomic E-state index is -0.697. The summed E-state index contributed by atoms with van der Waals surface area (Å²) in [5.74, 6) is -0.332. The molecule has 0 radical (unpaired) electrons. The highest BCUT2D eigenvalue weighted by atomic mass is 16.3. The highest BCUT2D eigenvalue weighted by molar-refractivity contribution is 5.99. The van der Waals surface area contributed by atoms with Crippen LogP contribution in [-0.2, 0) is 0 Å². The van der Waals surface area contributed by atoms with Crippen LogP contribution in [0.4, 0.5) is 0 Å². The molecule has 9 heteroatoms. The Morgan fingerprint density at radius 3 is 2.72 bits per heavy atom. The fourth-order valence-electron chi connectivity index (χ4n) is 3.69. The van der Waals surface area contributed by atoms with Crippen LogP contribution in [0.25, 0.3) is 17.1 Å². The zero-order valence-electron chi connectivity index (χ0n) is 16.5. The second-order valence-corrected chi connectivity index (χ2v) is 7.43. The molecule has 1 aliphatic heterocycles. The van der Waals surface area contributed by atoms with Crippen LogP contribution in [0.5, 0.6) is 0 Å². The molecule has 0 aromatic carbocycles. The van der Waals surface area contributed by atoms with Gasteiger partial charge in [-0.25, -0.2) is 9.97 Å². The number of furan rings is 1. The van der Waals surface area contributed by atoms with Crippen LogP contribution < -0.4 is 5.73 Å². The molecule has 9 nitrogen and oxygen atoms in total. The van der Waals surface area contributed by atoms with Gasteiger partial charge in [-0.15, -0.1) is 0 Å². The number of hydrogen-bond donors (Lipinski definition) is 1. The lowest BCUT2D eigenvalue weighted by Crippen LogP contribution is -2.37. The summed E-state index contributed by atoms with van der Waals surface area (Å²) in [5.41, 5.74) is 6.54. The Kier molecular flexibility index (Phi) is 5.06. The van der Waals surface area contributed by atoms with Gasteiger partial charge in [-0.05, 0) is 38.5 Å². The van der Waals surface area contributed by atoms with Gasteiger partial charge in [-0.2, -0.15) is 0 Å². The van der Waals surface area contributed by atoms with Crippen molar-refractivity contribution in [2.24, 2.45) is 5.73 Å². The van der Waals surface area contributed by atoms with E-state index in [2.05, 4.69) is 28.7 Å². The van der Waals surface area contributed by atoms with Crippen LogP contribution in [0.15, 0.2) is 35.2 Å². The number of carbonyl (C=O) groups excluding carboxylic acids is 2. The first-order valence-electron chi connectivity index (χ1n) is 9.71. The zero-order valence-corrected chi connectivity index (χ0v) is 16.5. The zero-order chi connectivity index (χ0) is 20.5.